The average Bonchev–Trinajstić information content (AvgIpc) is 3.21. The van der Waals surface area contributed by atoms with Gasteiger partial charge < -0.3 is 21.1 Å². The van der Waals surface area contributed by atoms with Gasteiger partial charge in [-0.2, -0.15) is 0 Å². The van der Waals surface area contributed by atoms with Gasteiger partial charge in [0.25, 0.3) is 0 Å². The van der Waals surface area contributed by atoms with Gasteiger partial charge in [-0.3, -0.25) is 0 Å². The summed E-state index contributed by atoms with van der Waals surface area (Å²) in [6.07, 6.45) is 4.06. The first kappa shape index (κ1) is 21.4. The number of urea groups is 1. The maximum absolute atomic E-state index is 13.1. The zero-order valence-electron chi connectivity index (χ0n) is 16.3. The molecule has 1 fully saturated rings. The van der Waals surface area contributed by atoms with Crippen LogP contribution in [0.3, 0.4) is 0 Å². The Bertz CT molecular complexity index is 1050. The van der Waals surface area contributed by atoms with Gasteiger partial charge in [-0.15, -0.1) is 11.3 Å². The van der Waals surface area contributed by atoms with Gasteiger partial charge in [-0.25, -0.2) is 13.2 Å². The molecule has 162 valence electrons. The molecule has 4 rings (SSSR count). The zero-order chi connectivity index (χ0) is 21.3. The van der Waals surface area contributed by atoms with Gasteiger partial charge >= 0.3 is 6.03 Å². The summed E-state index contributed by atoms with van der Waals surface area (Å²) in [7, 11) is -3.86. The summed E-state index contributed by atoms with van der Waals surface area (Å²) in [4.78, 5) is 13.5. The maximum atomic E-state index is 13.1. The molecule has 30 heavy (non-hydrogen) atoms. The minimum absolute atomic E-state index is 0.0144. The molecule has 2 amide bonds. The Hall–Kier alpha value is -1.81. The van der Waals surface area contributed by atoms with Crippen LogP contribution in [0.25, 0.3) is 0 Å². The zero-order valence-corrected chi connectivity index (χ0v) is 18.7. The Morgan fingerprint density at radius 1 is 1.23 bits per heavy atom. The molecule has 2 atom stereocenters. The number of phenolic OH excluding ortho intramolecular Hbond substituents is 1. The number of carbonyl (C=O) groups excluding carboxylic acids is 1. The van der Waals surface area contributed by atoms with Crippen LogP contribution in [0.4, 0.5) is 10.5 Å². The van der Waals surface area contributed by atoms with Crippen LogP contribution < -0.4 is 16.0 Å². The predicted octanol–water partition coefficient (Wildman–Crippen LogP) is 3.83. The third kappa shape index (κ3) is 4.16. The van der Waals surface area contributed by atoms with Gasteiger partial charge in [0.1, 0.15) is 4.90 Å². The lowest BCUT2D eigenvalue weighted by molar-refractivity contribution is 0.247. The highest BCUT2D eigenvalue weighted by Gasteiger charge is 2.34. The number of rotatable bonds is 4. The number of anilines is 1. The highest BCUT2D eigenvalue weighted by Crippen LogP contribution is 2.40. The summed E-state index contributed by atoms with van der Waals surface area (Å²) >= 11 is 7.84. The van der Waals surface area contributed by atoms with E-state index < -0.39 is 26.9 Å². The third-order valence-corrected chi connectivity index (χ3v) is 9.35. The summed E-state index contributed by atoms with van der Waals surface area (Å²) in [6.45, 7) is 1.07. The Kier molecular flexibility index (Phi) is 6.24. The quantitative estimate of drug-likeness (QED) is 0.509. The number of halogens is 1. The number of carbonyl (C=O) groups is 1. The second kappa shape index (κ2) is 8.74. The number of aryl methyl sites for hydroxylation is 1. The fourth-order valence-corrected chi connectivity index (χ4v) is 7.45. The van der Waals surface area contributed by atoms with E-state index >= 15 is 0 Å². The number of aromatic hydroxyl groups is 1. The van der Waals surface area contributed by atoms with Crippen LogP contribution in [0.5, 0.6) is 5.75 Å². The number of nitrogens with one attached hydrogen (secondary N) is 3. The smallest absolute Gasteiger partial charge is 0.319 e. The molecule has 0 radical (unpaired) electrons. The van der Waals surface area contributed by atoms with Crippen LogP contribution in [0.15, 0.2) is 28.5 Å². The molecule has 1 aliphatic heterocycles. The maximum Gasteiger partial charge on any atom is 0.319 e. The summed E-state index contributed by atoms with van der Waals surface area (Å²) < 4.78 is 26.2. The molecule has 0 saturated carbocycles. The van der Waals surface area contributed by atoms with Crippen molar-refractivity contribution in [1.29, 1.82) is 0 Å². The Morgan fingerprint density at radius 2 is 2.07 bits per heavy atom. The summed E-state index contributed by atoms with van der Waals surface area (Å²) in [6, 6.07) is 4.21. The Morgan fingerprint density at radius 3 is 2.83 bits per heavy atom. The largest absolute Gasteiger partial charge is 0.504 e. The molecule has 2 unspecified atom stereocenters. The molecule has 0 spiro atoms. The van der Waals surface area contributed by atoms with Gasteiger partial charge in [0, 0.05) is 11.4 Å². The first-order chi connectivity index (χ1) is 14.4. The topological polar surface area (TPSA) is 108 Å². The van der Waals surface area contributed by atoms with Crippen molar-refractivity contribution in [3.63, 3.8) is 0 Å². The van der Waals surface area contributed by atoms with Gasteiger partial charge in [-0.05, 0) is 67.8 Å². The number of sulfone groups is 1. The van der Waals surface area contributed by atoms with Crippen LogP contribution in [0, 0.1) is 0 Å². The number of piperidine rings is 1. The van der Waals surface area contributed by atoms with Gasteiger partial charge in [0.15, 0.2) is 15.6 Å². The molecular formula is C20H24ClN3O4S2. The van der Waals surface area contributed by atoms with Crippen molar-refractivity contribution >= 4 is 44.5 Å². The Labute approximate surface area is 184 Å². The van der Waals surface area contributed by atoms with Crippen LogP contribution in [-0.2, 0) is 16.3 Å². The number of phenols is 1. The van der Waals surface area contributed by atoms with Gasteiger partial charge in [0.05, 0.1) is 22.0 Å². The van der Waals surface area contributed by atoms with E-state index in [1.165, 1.54) is 17.0 Å². The van der Waals surface area contributed by atoms with Crippen molar-refractivity contribution in [1.82, 2.24) is 10.6 Å². The average molecular weight is 470 g/mol. The van der Waals surface area contributed by atoms with E-state index in [1.54, 1.807) is 11.3 Å². The molecule has 1 aromatic heterocycles. The number of hydrogen-bond donors (Lipinski definition) is 4. The van der Waals surface area contributed by atoms with Crippen molar-refractivity contribution in [2.24, 2.45) is 0 Å². The summed E-state index contributed by atoms with van der Waals surface area (Å²) in [5, 5.41) is 20.6. The fraction of sp³-hybridized carbons (Fsp3) is 0.450. The molecule has 10 heteroatoms. The third-order valence-electron chi connectivity index (χ3n) is 5.66. The molecule has 4 N–H and O–H groups in total. The minimum atomic E-state index is -3.86. The van der Waals surface area contributed by atoms with Crippen molar-refractivity contribution in [2.45, 2.75) is 48.3 Å². The lowest BCUT2D eigenvalue weighted by Gasteiger charge is -2.25. The number of benzene rings is 1. The van der Waals surface area contributed by atoms with Crippen LogP contribution in [0.1, 0.15) is 42.2 Å². The van der Waals surface area contributed by atoms with Crippen molar-refractivity contribution in [3.8, 4) is 5.75 Å². The van der Waals surface area contributed by atoms with E-state index in [0.717, 1.165) is 37.8 Å². The van der Waals surface area contributed by atoms with E-state index in [1.807, 2.05) is 11.4 Å². The number of thiophene rings is 1. The minimum Gasteiger partial charge on any atom is -0.504 e. The normalized spacial score (nSPS) is 21.6. The van der Waals surface area contributed by atoms with Gasteiger partial charge in [0.2, 0.25) is 0 Å². The highest BCUT2D eigenvalue weighted by molar-refractivity contribution is 7.92. The van der Waals surface area contributed by atoms with Gasteiger partial charge in [-0.1, -0.05) is 11.6 Å². The molecule has 1 aliphatic carbocycles. The number of hydrogen-bond acceptors (Lipinski definition) is 6. The molecule has 2 aromatic rings. The Balaban J connectivity index is 1.54. The van der Waals surface area contributed by atoms with Crippen LogP contribution >= 0.6 is 22.9 Å². The standard InChI is InChI=1S/C20H24ClN3O4S2/c21-14-6-7-16(18(25)19(14)30(27,28)12-3-2-9-22-11-12)24-20(26)23-15-4-1-5-17-13(15)8-10-29-17/h6-8,10,12,15,22,25H,1-5,9,11H2,(H2,23,24,26). The molecular weight excluding hydrogens is 446 g/mol. The highest BCUT2D eigenvalue weighted by atomic mass is 35.5. The van der Waals surface area contributed by atoms with Crippen LogP contribution in [0.2, 0.25) is 5.02 Å². The van der Waals surface area contributed by atoms with E-state index in [0.29, 0.717) is 13.0 Å². The predicted molar refractivity (Wildman–Crippen MR) is 118 cm³/mol. The van der Waals surface area contributed by atoms with E-state index in [9.17, 15) is 18.3 Å². The molecule has 7 nitrogen and oxygen atoms in total. The lowest BCUT2D eigenvalue weighted by Crippen LogP contribution is -2.39. The van der Waals surface area contributed by atoms with E-state index in [-0.39, 0.29) is 21.6 Å². The first-order valence-electron chi connectivity index (χ1n) is 9.98. The fourth-order valence-electron chi connectivity index (χ4n) is 4.12. The molecule has 2 aliphatic rings. The van der Waals surface area contributed by atoms with E-state index in [4.69, 9.17) is 11.6 Å². The molecule has 1 aromatic carbocycles. The van der Waals surface area contributed by atoms with Crippen molar-refractivity contribution < 1.29 is 18.3 Å². The molecule has 2 heterocycles. The second-order valence-corrected chi connectivity index (χ2v) is 11.2. The molecule has 0 bridgehead atoms. The monoisotopic (exact) mass is 469 g/mol. The SMILES string of the molecule is O=C(Nc1ccc(Cl)c(S(=O)(=O)C2CCCNC2)c1O)NC1CCCc2sccc21. The number of amides is 2. The molecule has 1 saturated heterocycles. The van der Waals surface area contributed by atoms with Crippen molar-refractivity contribution in [2.75, 3.05) is 18.4 Å². The summed E-state index contributed by atoms with van der Waals surface area (Å²) in [5.41, 5.74) is 1.13. The first-order valence-corrected chi connectivity index (χ1v) is 12.8. The summed E-state index contributed by atoms with van der Waals surface area (Å²) in [5.74, 6) is -0.525. The second-order valence-electron chi connectivity index (χ2n) is 7.63. The number of fused-ring (bicyclic) bond motifs is 1. The lowest BCUT2D eigenvalue weighted by atomic mass is 9.94. The van der Waals surface area contributed by atoms with Crippen LogP contribution in [-0.4, -0.2) is 37.9 Å². The van der Waals surface area contributed by atoms with Crippen molar-refractivity contribution in [3.05, 3.63) is 39.0 Å². The van der Waals surface area contributed by atoms with E-state index in [2.05, 4.69) is 16.0 Å².